The summed E-state index contributed by atoms with van der Waals surface area (Å²) in [6.45, 7) is 8.09. The van der Waals surface area contributed by atoms with Gasteiger partial charge >= 0.3 is 0 Å². The Morgan fingerprint density at radius 2 is 1.95 bits per heavy atom. The van der Waals surface area contributed by atoms with Crippen LogP contribution in [0.25, 0.3) is 0 Å². The molecule has 1 aromatic rings. The number of aryl methyl sites for hydroxylation is 1. The second-order valence-electron chi connectivity index (χ2n) is 5.41. The van der Waals surface area contributed by atoms with Gasteiger partial charge in [-0.25, -0.2) is 8.42 Å². The lowest BCUT2D eigenvalue weighted by Crippen LogP contribution is -2.32. The second-order valence-corrected chi connectivity index (χ2v) is 7.35. The molecule has 0 spiro atoms. The Bertz CT molecular complexity index is 592. The van der Waals surface area contributed by atoms with Crippen LogP contribution in [-0.4, -0.2) is 37.5 Å². The van der Waals surface area contributed by atoms with Crippen molar-refractivity contribution in [3.63, 3.8) is 0 Å². The maximum atomic E-state index is 12.5. The van der Waals surface area contributed by atoms with E-state index in [0.717, 1.165) is 11.1 Å². The van der Waals surface area contributed by atoms with Gasteiger partial charge in [0.15, 0.2) is 0 Å². The summed E-state index contributed by atoms with van der Waals surface area (Å²) in [6, 6.07) is 6.79. The Balaban J connectivity index is 2.32. The Morgan fingerprint density at radius 3 is 2.42 bits per heavy atom. The highest BCUT2D eigenvalue weighted by Gasteiger charge is 2.42. The zero-order valence-corrected chi connectivity index (χ0v) is 12.1. The highest BCUT2D eigenvalue weighted by molar-refractivity contribution is 7.89. The van der Waals surface area contributed by atoms with E-state index in [2.05, 4.69) is 6.58 Å². The SMILES string of the molecule is C=C1CN(S(=O)(=O)c2ccc(C)cc2)CC1(C)CO. The van der Waals surface area contributed by atoms with Crippen molar-refractivity contribution in [3.05, 3.63) is 42.0 Å². The van der Waals surface area contributed by atoms with E-state index in [1.807, 2.05) is 13.8 Å². The molecule has 0 aliphatic carbocycles. The first-order valence-electron chi connectivity index (χ1n) is 6.15. The predicted molar refractivity (Wildman–Crippen MR) is 74.3 cm³/mol. The van der Waals surface area contributed by atoms with Crippen LogP contribution in [-0.2, 0) is 10.0 Å². The molecule has 1 atom stereocenters. The van der Waals surface area contributed by atoms with E-state index in [1.165, 1.54) is 4.31 Å². The summed E-state index contributed by atoms with van der Waals surface area (Å²) < 4.78 is 26.4. The van der Waals surface area contributed by atoms with E-state index in [1.54, 1.807) is 24.3 Å². The van der Waals surface area contributed by atoms with Crippen LogP contribution >= 0.6 is 0 Å². The van der Waals surface area contributed by atoms with E-state index in [4.69, 9.17) is 0 Å². The summed E-state index contributed by atoms with van der Waals surface area (Å²) in [4.78, 5) is 0.285. The average molecular weight is 281 g/mol. The van der Waals surface area contributed by atoms with Crippen LogP contribution in [0.1, 0.15) is 12.5 Å². The number of nitrogens with zero attached hydrogens (tertiary/aromatic N) is 1. The summed E-state index contributed by atoms with van der Waals surface area (Å²) in [6.07, 6.45) is 0. The number of sulfonamides is 1. The van der Waals surface area contributed by atoms with Gasteiger partial charge in [-0.15, -0.1) is 0 Å². The van der Waals surface area contributed by atoms with Crippen molar-refractivity contribution in [1.82, 2.24) is 4.31 Å². The third-order valence-corrected chi connectivity index (χ3v) is 5.56. The average Bonchev–Trinajstić information content (AvgIpc) is 2.68. The molecule has 4 nitrogen and oxygen atoms in total. The number of benzene rings is 1. The van der Waals surface area contributed by atoms with Crippen LogP contribution in [0.3, 0.4) is 0 Å². The van der Waals surface area contributed by atoms with E-state index in [0.29, 0.717) is 0 Å². The molecule has 104 valence electrons. The van der Waals surface area contributed by atoms with Gasteiger partial charge in [0, 0.05) is 18.5 Å². The Kier molecular flexibility index (Phi) is 3.55. The molecule has 1 saturated heterocycles. The fraction of sp³-hybridized carbons (Fsp3) is 0.429. The monoisotopic (exact) mass is 281 g/mol. The van der Waals surface area contributed by atoms with Crippen molar-refractivity contribution >= 4 is 10.0 Å². The zero-order valence-electron chi connectivity index (χ0n) is 11.3. The number of hydrogen-bond donors (Lipinski definition) is 1. The molecule has 1 aromatic carbocycles. The lowest BCUT2D eigenvalue weighted by molar-refractivity contribution is 0.180. The molecule has 1 unspecified atom stereocenters. The van der Waals surface area contributed by atoms with E-state index >= 15 is 0 Å². The van der Waals surface area contributed by atoms with E-state index in [-0.39, 0.29) is 24.6 Å². The Labute approximate surface area is 114 Å². The normalized spacial score (nSPS) is 24.9. The molecule has 0 radical (unpaired) electrons. The standard InChI is InChI=1S/C14H19NO3S/c1-11-4-6-13(7-5-11)19(17,18)15-8-12(2)14(3,9-15)10-16/h4-7,16H,2,8-10H2,1,3H3. The maximum Gasteiger partial charge on any atom is 0.243 e. The molecule has 0 amide bonds. The largest absolute Gasteiger partial charge is 0.395 e. The first-order valence-corrected chi connectivity index (χ1v) is 7.59. The summed E-state index contributed by atoms with van der Waals surface area (Å²) in [5.74, 6) is 0. The number of rotatable bonds is 3. The van der Waals surface area contributed by atoms with Crippen LogP contribution in [0.15, 0.2) is 41.3 Å². The maximum absolute atomic E-state index is 12.5. The molecular weight excluding hydrogens is 262 g/mol. The Hall–Kier alpha value is -1.17. The van der Waals surface area contributed by atoms with Crippen molar-refractivity contribution in [2.45, 2.75) is 18.7 Å². The van der Waals surface area contributed by atoms with Gasteiger partial charge in [0.1, 0.15) is 0 Å². The quantitative estimate of drug-likeness (QED) is 0.855. The topological polar surface area (TPSA) is 57.6 Å². The van der Waals surface area contributed by atoms with Gasteiger partial charge in [0.05, 0.1) is 11.5 Å². The van der Waals surface area contributed by atoms with Crippen molar-refractivity contribution in [1.29, 1.82) is 0 Å². The van der Waals surface area contributed by atoms with Crippen molar-refractivity contribution in [2.75, 3.05) is 19.7 Å². The minimum absolute atomic E-state index is 0.0915. The molecule has 1 fully saturated rings. The molecule has 5 heteroatoms. The molecule has 0 bridgehead atoms. The first-order chi connectivity index (χ1) is 8.79. The van der Waals surface area contributed by atoms with E-state index < -0.39 is 15.4 Å². The van der Waals surface area contributed by atoms with Gasteiger partial charge in [-0.05, 0) is 19.1 Å². The molecular formula is C14H19NO3S. The zero-order chi connectivity index (χ0) is 14.3. The summed E-state index contributed by atoms with van der Waals surface area (Å²) >= 11 is 0. The molecule has 19 heavy (non-hydrogen) atoms. The summed E-state index contributed by atoms with van der Waals surface area (Å²) in [5.41, 5.74) is 1.23. The molecule has 0 saturated carbocycles. The van der Waals surface area contributed by atoms with Gasteiger partial charge in [-0.1, -0.05) is 36.8 Å². The van der Waals surface area contributed by atoms with Crippen molar-refractivity contribution in [2.24, 2.45) is 5.41 Å². The molecule has 2 rings (SSSR count). The van der Waals surface area contributed by atoms with Crippen LogP contribution in [0.2, 0.25) is 0 Å². The molecule has 1 aliphatic rings. The lowest BCUT2D eigenvalue weighted by Gasteiger charge is -2.22. The summed E-state index contributed by atoms with van der Waals surface area (Å²) in [7, 11) is -3.51. The van der Waals surface area contributed by atoms with Gasteiger partial charge in [0.25, 0.3) is 0 Å². The van der Waals surface area contributed by atoms with Crippen molar-refractivity contribution in [3.8, 4) is 0 Å². The van der Waals surface area contributed by atoms with Gasteiger partial charge < -0.3 is 5.11 Å². The molecule has 0 aromatic heterocycles. The van der Waals surface area contributed by atoms with Gasteiger partial charge in [-0.3, -0.25) is 0 Å². The minimum Gasteiger partial charge on any atom is -0.395 e. The third-order valence-electron chi connectivity index (χ3n) is 3.75. The summed E-state index contributed by atoms with van der Waals surface area (Å²) in [5, 5.41) is 9.40. The van der Waals surface area contributed by atoms with Crippen molar-refractivity contribution < 1.29 is 13.5 Å². The van der Waals surface area contributed by atoms with Crippen LogP contribution in [0.4, 0.5) is 0 Å². The second kappa shape index (κ2) is 4.74. The predicted octanol–water partition coefficient (Wildman–Crippen LogP) is 1.55. The Morgan fingerprint density at radius 1 is 1.37 bits per heavy atom. The van der Waals surface area contributed by atoms with E-state index in [9.17, 15) is 13.5 Å². The fourth-order valence-corrected chi connectivity index (χ4v) is 3.71. The highest BCUT2D eigenvalue weighted by Crippen LogP contribution is 2.36. The molecule has 1 heterocycles. The smallest absolute Gasteiger partial charge is 0.243 e. The molecule has 1 aliphatic heterocycles. The lowest BCUT2D eigenvalue weighted by atomic mass is 9.87. The first kappa shape index (κ1) is 14.2. The fourth-order valence-electron chi connectivity index (χ4n) is 2.15. The van der Waals surface area contributed by atoms with Crippen LogP contribution in [0.5, 0.6) is 0 Å². The van der Waals surface area contributed by atoms with Gasteiger partial charge in [0.2, 0.25) is 10.0 Å². The third kappa shape index (κ3) is 2.45. The number of hydrogen-bond acceptors (Lipinski definition) is 3. The molecule has 1 N–H and O–H groups in total. The highest BCUT2D eigenvalue weighted by atomic mass is 32.2. The number of aliphatic hydroxyl groups is 1. The minimum atomic E-state index is -3.51. The van der Waals surface area contributed by atoms with Gasteiger partial charge in [-0.2, -0.15) is 4.31 Å². The van der Waals surface area contributed by atoms with Crippen LogP contribution in [0, 0.1) is 12.3 Å². The number of aliphatic hydroxyl groups excluding tert-OH is 1. The van der Waals surface area contributed by atoms with Crippen LogP contribution < -0.4 is 0 Å².